The monoisotopic (exact) mass is 235 g/mol. The minimum Gasteiger partial charge on any atom is -0.352 e. The number of hydrogen-bond acceptors (Lipinski definition) is 4. The zero-order valence-corrected chi connectivity index (χ0v) is 10.1. The van der Waals surface area contributed by atoms with Gasteiger partial charge in [-0.2, -0.15) is 0 Å². The molecule has 0 aromatic heterocycles. The number of hydrogen-bond donors (Lipinski definition) is 1. The maximum absolute atomic E-state index is 11.9. The van der Waals surface area contributed by atoms with E-state index in [9.17, 15) is 9.36 Å². The summed E-state index contributed by atoms with van der Waals surface area (Å²) in [4.78, 5) is 10.8. The predicted octanol–water partition coefficient (Wildman–Crippen LogP) is 1.55. The zero-order valence-electron chi connectivity index (χ0n) is 9.19. The molecule has 0 spiro atoms. The highest BCUT2D eigenvalue weighted by atomic mass is 31.2. The second-order valence-corrected chi connectivity index (χ2v) is 4.85. The molecule has 0 aliphatic carbocycles. The second kappa shape index (κ2) is 7.63. The van der Waals surface area contributed by atoms with Gasteiger partial charge in [0.2, 0.25) is 5.91 Å². The molecule has 0 heterocycles. The van der Waals surface area contributed by atoms with Gasteiger partial charge in [-0.1, -0.05) is 6.58 Å². The highest BCUT2D eigenvalue weighted by molar-refractivity contribution is 7.53. The molecule has 5 nitrogen and oxygen atoms in total. The number of carbonyl (C=O) groups excluding carboxylic acids is 1. The largest absolute Gasteiger partial charge is 0.352 e. The predicted molar refractivity (Wildman–Crippen MR) is 58.9 cm³/mol. The summed E-state index contributed by atoms with van der Waals surface area (Å²) >= 11 is 0. The molecule has 0 unspecified atom stereocenters. The Bertz CT molecular complexity index is 244. The Morgan fingerprint density at radius 2 is 1.93 bits per heavy atom. The summed E-state index contributed by atoms with van der Waals surface area (Å²) in [6, 6.07) is 0. The van der Waals surface area contributed by atoms with E-state index in [1.807, 2.05) is 0 Å². The lowest BCUT2D eigenvalue weighted by molar-refractivity contribution is -0.116. The number of amides is 1. The van der Waals surface area contributed by atoms with Gasteiger partial charge in [-0.3, -0.25) is 9.36 Å². The fourth-order valence-corrected chi connectivity index (χ4v) is 2.45. The van der Waals surface area contributed by atoms with Crippen LogP contribution in [-0.2, 0) is 18.4 Å². The third-order valence-electron chi connectivity index (χ3n) is 1.52. The van der Waals surface area contributed by atoms with Crippen LogP contribution in [0.4, 0.5) is 0 Å². The maximum atomic E-state index is 11.9. The van der Waals surface area contributed by atoms with Gasteiger partial charge in [0, 0.05) is 6.54 Å². The highest BCUT2D eigenvalue weighted by Gasteiger charge is 2.22. The van der Waals surface area contributed by atoms with Gasteiger partial charge in [0.05, 0.1) is 19.4 Å². The van der Waals surface area contributed by atoms with Crippen molar-refractivity contribution >= 4 is 13.5 Å². The molecule has 0 atom stereocenters. The first-order chi connectivity index (χ1) is 7.08. The standard InChI is InChI=1S/C9H18NO4P/c1-4-9(11)10-7-8-15(12,13-5-2)14-6-3/h4H,1,5-8H2,2-3H3,(H,10,11). The Labute approximate surface area is 90.4 Å². The van der Waals surface area contributed by atoms with Crippen LogP contribution in [0.15, 0.2) is 12.7 Å². The molecule has 0 aliphatic heterocycles. The van der Waals surface area contributed by atoms with Crippen LogP contribution in [0.25, 0.3) is 0 Å². The first-order valence-corrected chi connectivity index (χ1v) is 6.59. The van der Waals surface area contributed by atoms with E-state index in [0.717, 1.165) is 6.08 Å². The smallest absolute Gasteiger partial charge is 0.332 e. The van der Waals surface area contributed by atoms with Crippen molar-refractivity contribution in [1.29, 1.82) is 0 Å². The summed E-state index contributed by atoms with van der Waals surface area (Å²) in [6.45, 7) is 7.70. The summed E-state index contributed by atoms with van der Waals surface area (Å²) in [7, 11) is -3.04. The molecule has 1 amide bonds. The van der Waals surface area contributed by atoms with Crippen LogP contribution in [0.3, 0.4) is 0 Å². The molecular weight excluding hydrogens is 217 g/mol. The molecule has 0 fully saturated rings. The summed E-state index contributed by atoms with van der Waals surface area (Å²) in [6.07, 6.45) is 1.33. The van der Waals surface area contributed by atoms with Crippen molar-refractivity contribution in [2.24, 2.45) is 0 Å². The molecule has 0 aliphatic rings. The Morgan fingerprint density at radius 3 is 2.33 bits per heavy atom. The van der Waals surface area contributed by atoms with Gasteiger partial charge < -0.3 is 14.4 Å². The van der Waals surface area contributed by atoms with Crippen molar-refractivity contribution in [2.75, 3.05) is 25.9 Å². The lowest BCUT2D eigenvalue weighted by atomic mass is 10.6. The molecule has 1 N–H and O–H groups in total. The summed E-state index contributed by atoms with van der Waals surface area (Å²) in [5.74, 6) is -0.297. The molecule has 15 heavy (non-hydrogen) atoms. The quantitative estimate of drug-likeness (QED) is 0.512. The molecule has 88 valence electrons. The van der Waals surface area contributed by atoms with Gasteiger partial charge in [-0.25, -0.2) is 0 Å². The molecule has 6 heteroatoms. The number of nitrogens with one attached hydrogen (secondary N) is 1. The van der Waals surface area contributed by atoms with Gasteiger partial charge in [-0.05, 0) is 19.9 Å². The van der Waals surface area contributed by atoms with Crippen LogP contribution in [0, 0.1) is 0 Å². The third kappa shape index (κ3) is 6.44. The van der Waals surface area contributed by atoms with Crippen molar-refractivity contribution in [3.05, 3.63) is 12.7 Å². The zero-order chi connectivity index (χ0) is 11.7. The van der Waals surface area contributed by atoms with Crippen LogP contribution >= 0.6 is 7.60 Å². The van der Waals surface area contributed by atoms with E-state index < -0.39 is 7.60 Å². The number of rotatable bonds is 8. The molecule has 0 bridgehead atoms. The molecule has 0 aromatic rings. The molecular formula is C9H18NO4P. The van der Waals surface area contributed by atoms with Crippen molar-refractivity contribution in [1.82, 2.24) is 5.32 Å². The molecule has 0 saturated carbocycles. The van der Waals surface area contributed by atoms with Gasteiger partial charge in [0.15, 0.2) is 0 Å². The van der Waals surface area contributed by atoms with Crippen molar-refractivity contribution in [3.63, 3.8) is 0 Å². The summed E-state index contributed by atoms with van der Waals surface area (Å²) in [5.41, 5.74) is 0. The van der Waals surface area contributed by atoms with Gasteiger partial charge in [0.1, 0.15) is 0 Å². The first-order valence-electron chi connectivity index (χ1n) is 4.86. The maximum Gasteiger partial charge on any atom is 0.332 e. The Balaban J connectivity index is 4.01. The van der Waals surface area contributed by atoms with Crippen LogP contribution in [0.2, 0.25) is 0 Å². The fraction of sp³-hybridized carbons (Fsp3) is 0.667. The van der Waals surface area contributed by atoms with E-state index in [1.54, 1.807) is 13.8 Å². The van der Waals surface area contributed by atoms with E-state index in [0.29, 0.717) is 13.2 Å². The van der Waals surface area contributed by atoms with Crippen LogP contribution in [0.5, 0.6) is 0 Å². The van der Waals surface area contributed by atoms with Crippen molar-refractivity contribution in [3.8, 4) is 0 Å². The normalized spacial score (nSPS) is 11.1. The number of carbonyl (C=O) groups is 1. The average molecular weight is 235 g/mol. The van der Waals surface area contributed by atoms with E-state index in [4.69, 9.17) is 9.05 Å². The summed E-state index contributed by atoms with van der Waals surface area (Å²) < 4.78 is 21.9. The van der Waals surface area contributed by atoms with Gasteiger partial charge >= 0.3 is 7.60 Å². The van der Waals surface area contributed by atoms with Crippen LogP contribution < -0.4 is 5.32 Å². The molecule has 0 radical (unpaired) electrons. The minimum absolute atomic E-state index is 0.175. The van der Waals surface area contributed by atoms with E-state index in [-0.39, 0.29) is 18.6 Å². The summed E-state index contributed by atoms with van der Waals surface area (Å²) in [5, 5.41) is 2.52. The first kappa shape index (κ1) is 14.4. The van der Waals surface area contributed by atoms with E-state index in [1.165, 1.54) is 0 Å². The second-order valence-electron chi connectivity index (χ2n) is 2.67. The van der Waals surface area contributed by atoms with Gasteiger partial charge in [0.25, 0.3) is 0 Å². The highest BCUT2D eigenvalue weighted by Crippen LogP contribution is 2.47. The van der Waals surface area contributed by atoms with Crippen molar-refractivity contribution in [2.45, 2.75) is 13.8 Å². The van der Waals surface area contributed by atoms with Gasteiger partial charge in [-0.15, -0.1) is 0 Å². The lowest BCUT2D eigenvalue weighted by Crippen LogP contribution is -2.24. The SMILES string of the molecule is C=CC(=O)NCCP(=O)(OCC)OCC. The van der Waals surface area contributed by atoms with E-state index in [2.05, 4.69) is 11.9 Å². The topological polar surface area (TPSA) is 64.6 Å². The molecule has 0 rings (SSSR count). The Morgan fingerprint density at radius 1 is 1.40 bits per heavy atom. The van der Waals surface area contributed by atoms with E-state index >= 15 is 0 Å². The minimum atomic E-state index is -3.04. The molecule has 0 aromatic carbocycles. The average Bonchev–Trinajstić information content (AvgIpc) is 2.18. The van der Waals surface area contributed by atoms with Crippen LogP contribution in [-0.4, -0.2) is 31.8 Å². The third-order valence-corrected chi connectivity index (χ3v) is 3.60. The van der Waals surface area contributed by atoms with Crippen molar-refractivity contribution < 1.29 is 18.4 Å². The Kier molecular flexibility index (Phi) is 7.30. The lowest BCUT2D eigenvalue weighted by Gasteiger charge is -2.16. The Hall–Kier alpha value is -0.640. The fourth-order valence-electron chi connectivity index (χ4n) is 0.948. The molecule has 0 saturated heterocycles. The van der Waals surface area contributed by atoms with Crippen LogP contribution in [0.1, 0.15) is 13.8 Å².